The van der Waals surface area contributed by atoms with Gasteiger partial charge >= 0.3 is 0 Å². The van der Waals surface area contributed by atoms with E-state index < -0.39 is 0 Å². The molecule has 1 heterocycles. The van der Waals surface area contributed by atoms with E-state index in [1.807, 2.05) is 0 Å². The molecular formula is C15H23Br2N3. The number of piperazine rings is 1. The van der Waals surface area contributed by atoms with Gasteiger partial charge < -0.3 is 5.73 Å². The lowest BCUT2D eigenvalue weighted by atomic mass is 10.0. The minimum atomic E-state index is 0.314. The van der Waals surface area contributed by atoms with Gasteiger partial charge in [-0.1, -0.05) is 6.07 Å². The summed E-state index contributed by atoms with van der Waals surface area (Å²) in [6, 6.07) is 7.38. The highest BCUT2D eigenvalue weighted by atomic mass is 79.9. The zero-order chi connectivity index (χ0) is 14.7. The Balaban J connectivity index is 2.07. The van der Waals surface area contributed by atoms with Gasteiger partial charge in [-0.3, -0.25) is 9.80 Å². The van der Waals surface area contributed by atoms with Crippen molar-refractivity contribution in [3.63, 3.8) is 0 Å². The van der Waals surface area contributed by atoms with Crippen LogP contribution in [-0.2, 0) is 0 Å². The molecule has 0 radical (unpaired) electrons. The van der Waals surface area contributed by atoms with Crippen molar-refractivity contribution in [2.75, 3.05) is 32.7 Å². The van der Waals surface area contributed by atoms with Gasteiger partial charge in [0, 0.05) is 53.8 Å². The quantitative estimate of drug-likeness (QED) is 0.835. The number of rotatable bonds is 4. The van der Waals surface area contributed by atoms with Crippen molar-refractivity contribution < 1.29 is 0 Å². The van der Waals surface area contributed by atoms with Crippen LogP contribution in [-0.4, -0.2) is 48.6 Å². The van der Waals surface area contributed by atoms with Crippen molar-refractivity contribution in [2.45, 2.75) is 25.9 Å². The fourth-order valence-electron chi connectivity index (χ4n) is 2.78. The molecule has 1 unspecified atom stereocenters. The molecule has 0 spiro atoms. The Hall–Kier alpha value is 0.0600. The van der Waals surface area contributed by atoms with Gasteiger partial charge in [0.2, 0.25) is 0 Å². The summed E-state index contributed by atoms with van der Waals surface area (Å²) in [6.07, 6.45) is 0. The van der Waals surface area contributed by atoms with Crippen LogP contribution in [0.5, 0.6) is 0 Å². The summed E-state index contributed by atoms with van der Waals surface area (Å²) >= 11 is 7.10. The summed E-state index contributed by atoms with van der Waals surface area (Å²) in [5, 5.41) is 0. The van der Waals surface area contributed by atoms with Gasteiger partial charge in [0.1, 0.15) is 0 Å². The third-order valence-electron chi connectivity index (χ3n) is 4.07. The molecule has 2 rings (SSSR count). The molecule has 0 aromatic heterocycles. The minimum Gasteiger partial charge on any atom is -0.329 e. The normalized spacial score (nSPS) is 19.5. The predicted octanol–water partition coefficient (Wildman–Crippen LogP) is 3.24. The van der Waals surface area contributed by atoms with E-state index in [1.54, 1.807) is 0 Å². The topological polar surface area (TPSA) is 32.5 Å². The van der Waals surface area contributed by atoms with Crippen LogP contribution < -0.4 is 5.73 Å². The summed E-state index contributed by atoms with van der Waals surface area (Å²) in [4.78, 5) is 5.04. The van der Waals surface area contributed by atoms with Crippen LogP contribution in [0.3, 0.4) is 0 Å². The predicted molar refractivity (Wildman–Crippen MR) is 91.9 cm³/mol. The highest BCUT2D eigenvalue weighted by Gasteiger charge is 2.25. The lowest BCUT2D eigenvalue weighted by Gasteiger charge is -2.40. The Labute approximate surface area is 138 Å². The third-order valence-corrected chi connectivity index (χ3v) is 5.95. The molecule has 1 saturated heterocycles. The molecule has 1 aliphatic rings. The van der Waals surface area contributed by atoms with Crippen LogP contribution in [0, 0.1) is 0 Å². The highest BCUT2D eigenvalue weighted by Crippen LogP contribution is 2.29. The molecule has 0 aliphatic carbocycles. The first-order valence-electron chi connectivity index (χ1n) is 7.16. The first-order valence-corrected chi connectivity index (χ1v) is 8.74. The van der Waals surface area contributed by atoms with E-state index in [2.05, 4.69) is 73.7 Å². The number of hydrogen-bond donors (Lipinski definition) is 1. The van der Waals surface area contributed by atoms with Crippen LogP contribution in [0.1, 0.15) is 25.5 Å². The van der Waals surface area contributed by atoms with Crippen molar-refractivity contribution in [1.29, 1.82) is 0 Å². The molecule has 1 fully saturated rings. The molecule has 1 atom stereocenters. The highest BCUT2D eigenvalue weighted by molar-refractivity contribution is 9.13. The summed E-state index contributed by atoms with van der Waals surface area (Å²) in [5.41, 5.74) is 7.33. The maximum Gasteiger partial charge on any atom is 0.0471 e. The van der Waals surface area contributed by atoms with Crippen LogP contribution >= 0.6 is 31.9 Å². The van der Waals surface area contributed by atoms with E-state index >= 15 is 0 Å². The maximum atomic E-state index is 6.04. The Morgan fingerprint density at radius 2 is 1.65 bits per heavy atom. The number of benzene rings is 1. The fraction of sp³-hybridized carbons (Fsp3) is 0.600. The number of nitrogens with two attached hydrogens (primary N) is 1. The Morgan fingerprint density at radius 1 is 1.05 bits per heavy atom. The molecule has 112 valence electrons. The van der Waals surface area contributed by atoms with Crippen molar-refractivity contribution in [2.24, 2.45) is 5.73 Å². The van der Waals surface area contributed by atoms with E-state index in [0.717, 1.165) is 35.1 Å². The van der Waals surface area contributed by atoms with Crippen molar-refractivity contribution >= 4 is 31.9 Å². The fourth-order valence-corrected chi connectivity index (χ4v) is 3.42. The molecule has 1 aromatic carbocycles. The largest absolute Gasteiger partial charge is 0.329 e. The Kier molecular flexibility index (Phi) is 6.05. The Bertz CT molecular complexity index is 443. The van der Waals surface area contributed by atoms with Crippen LogP contribution in [0.4, 0.5) is 0 Å². The van der Waals surface area contributed by atoms with Gasteiger partial charge in [-0.15, -0.1) is 0 Å². The average Bonchev–Trinajstić information content (AvgIpc) is 2.44. The van der Waals surface area contributed by atoms with E-state index in [4.69, 9.17) is 5.73 Å². The van der Waals surface area contributed by atoms with Gasteiger partial charge in [-0.25, -0.2) is 0 Å². The first kappa shape index (κ1) is 16.4. The third kappa shape index (κ3) is 3.83. The van der Waals surface area contributed by atoms with Gasteiger partial charge in [-0.2, -0.15) is 0 Å². The molecule has 20 heavy (non-hydrogen) atoms. The van der Waals surface area contributed by atoms with Crippen molar-refractivity contribution in [1.82, 2.24) is 9.80 Å². The standard InChI is InChI=1S/C15H23Br2N3/c1-11(2)19-5-7-20(8-6-19)15(10-18)12-3-4-13(16)14(17)9-12/h3-4,9,11,15H,5-8,10,18H2,1-2H3. The average molecular weight is 405 g/mol. The van der Waals surface area contributed by atoms with Gasteiger partial charge in [0.05, 0.1) is 0 Å². The smallest absolute Gasteiger partial charge is 0.0471 e. The zero-order valence-electron chi connectivity index (χ0n) is 12.1. The van der Waals surface area contributed by atoms with E-state index in [0.29, 0.717) is 18.6 Å². The lowest BCUT2D eigenvalue weighted by molar-refractivity contribution is 0.0802. The van der Waals surface area contributed by atoms with Gasteiger partial charge in [0.25, 0.3) is 0 Å². The molecule has 2 N–H and O–H groups in total. The summed E-state index contributed by atoms with van der Waals surface area (Å²) in [6.45, 7) is 9.64. The SMILES string of the molecule is CC(C)N1CCN(C(CN)c2ccc(Br)c(Br)c2)CC1. The molecule has 5 heteroatoms. The summed E-state index contributed by atoms with van der Waals surface area (Å²) in [7, 11) is 0. The molecular weight excluding hydrogens is 382 g/mol. The Morgan fingerprint density at radius 3 is 2.15 bits per heavy atom. The number of nitrogens with zero attached hydrogens (tertiary/aromatic N) is 2. The summed E-state index contributed by atoms with van der Waals surface area (Å²) < 4.78 is 2.18. The lowest BCUT2D eigenvalue weighted by Crippen LogP contribution is -2.50. The van der Waals surface area contributed by atoms with Crippen molar-refractivity contribution in [3.05, 3.63) is 32.7 Å². The van der Waals surface area contributed by atoms with E-state index in [-0.39, 0.29) is 0 Å². The van der Waals surface area contributed by atoms with Crippen molar-refractivity contribution in [3.8, 4) is 0 Å². The second kappa shape index (κ2) is 7.36. The molecule has 1 aromatic rings. The second-order valence-corrected chi connectivity index (χ2v) is 7.30. The molecule has 1 aliphatic heterocycles. The van der Waals surface area contributed by atoms with Crippen LogP contribution in [0.15, 0.2) is 27.1 Å². The maximum absolute atomic E-state index is 6.04. The zero-order valence-corrected chi connectivity index (χ0v) is 15.3. The molecule has 3 nitrogen and oxygen atoms in total. The van der Waals surface area contributed by atoms with Gasteiger partial charge in [0.15, 0.2) is 0 Å². The van der Waals surface area contributed by atoms with Crippen LogP contribution in [0.25, 0.3) is 0 Å². The van der Waals surface area contributed by atoms with Crippen LogP contribution in [0.2, 0.25) is 0 Å². The molecule has 0 amide bonds. The number of hydrogen-bond acceptors (Lipinski definition) is 3. The monoisotopic (exact) mass is 403 g/mol. The van der Waals surface area contributed by atoms with Gasteiger partial charge in [-0.05, 0) is 63.4 Å². The van der Waals surface area contributed by atoms with E-state index in [9.17, 15) is 0 Å². The van der Waals surface area contributed by atoms with E-state index in [1.165, 1.54) is 5.56 Å². The first-order chi connectivity index (χ1) is 9.52. The molecule has 0 saturated carbocycles. The minimum absolute atomic E-state index is 0.314. The molecule has 0 bridgehead atoms. The second-order valence-electron chi connectivity index (χ2n) is 5.59. The number of halogens is 2. The summed E-state index contributed by atoms with van der Waals surface area (Å²) in [5.74, 6) is 0.